The van der Waals surface area contributed by atoms with E-state index in [1.54, 1.807) is 12.0 Å². The number of carbonyl (C=O) groups is 2. The summed E-state index contributed by atoms with van der Waals surface area (Å²) >= 11 is 0. The van der Waals surface area contributed by atoms with Crippen LogP contribution >= 0.6 is 0 Å². The Kier molecular flexibility index (Phi) is 5.07. The number of carbonyl (C=O) groups excluding carboxylic acids is 2. The smallest absolute Gasteiger partial charge is 0.226 e. The summed E-state index contributed by atoms with van der Waals surface area (Å²) in [5.41, 5.74) is 1.22. The SMILES string of the molecule is COc1ccc(C[C@H]2CCCN2C(=O)[C@H]2CCN(C)C(=O)C2)cc1. The number of ether oxygens (including phenoxy) is 1. The first kappa shape index (κ1) is 16.8. The molecule has 2 heterocycles. The molecule has 0 aromatic heterocycles. The topological polar surface area (TPSA) is 49.9 Å². The van der Waals surface area contributed by atoms with E-state index in [0.717, 1.165) is 38.0 Å². The number of amides is 2. The standard InChI is InChI=1S/C19H26N2O3/c1-20-11-9-15(13-18(20)22)19(23)21-10-3-4-16(21)12-14-5-7-17(24-2)8-6-14/h5-8,15-16H,3-4,9-13H2,1-2H3/t15-,16+/m0/s1. The number of nitrogens with zero attached hydrogens (tertiary/aromatic N) is 2. The lowest BCUT2D eigenvalue weighted by Crippen LogP contribution is -2.45. The summed E-state index contributed by atoms with van der Waals surface area (Å²) in [6, 6.07) is 8.32. The van der Waals surface area contributed by atoms with Gasteiger partial charge in [-0.3, -0.25) is 9.59 Å². The summed E-state index contributed by atoms with van der Waals surface area (Å²) in [6.07, 6.45) is 4.11. The van der Waals surface area contributed by atoms with Crippen LogP contribution in [0.3, 0.4) is 0 Å². The molecular formula is C19H26N2O3. The van der Waals surface area contributed by atoms with Gasteiger partial charge in [-0.15, -0.1) is 0 Å². The summed E-state index contributed by atoms with van der Waals surface area (Å²) in [5.74, 6) is 0.978. The molecule has 2 aliphatic rings. The van der Waals surface area contributed by atoms with Crippen molar-refractivity contribution in [2.24, 2.45) is 5.92 Å². The predicted molar refractivity (Wildman–Crippen MR) is 91.8 cm³/mol. The molecule has 5 nitrogen and oxygen atoms in total. The van der Waals surface area contributed by atoms with Crippen LogP contribution in [-0.2, 0) is 16.0 Å². The third-order valence-electron chi connectivity index (χ3n) is 5.30. The van der Waals surface area contributed by atoms with Crippen molar-refractivity contribution in [2.45, 2.75) is 38.1 Å². The van der Waals surface area contributed by atoms with Crippen LogP contribution in [0.15, 0.2) is 24.3 Å². The number of hydrogen-bond donors (Lipinski definition) is 0. The largest absolute Gasteiger partial charge is 0.497 e. The Balaban J connectivity index is 1.64. The zero-order chi connectivity index (χ0) is 17.1. The molecular weight excluding hydrogens is 304 g/mol. The van der Waals surface area contributed by atoms with E-state index in [4.69, 9.17) is 4.74 Å². The molecule has 2 aliphatic heterocycles. The van der Waals surface area contributed by atoms with E-state index in [-0.39, 0.29) is 23.8 Å². The monoisotopic (exact) mass is 330 g/mol. The van der Waals surface area contributed by atoms with Crippen molar-refractivity contribution in [1.82, 2.24) is 9.80 Å². The highest BCUT2D eigenvalue weighted by Crippen LogP contribution is 2.27. The minimum absolute atomic E-state index is 0.0884. The van der Waals surface area contributed by atoms with Crippen molar-refractivity contribution < 1.29 is 14.3 Å². The quantitative estimate of drug-likeness (QED) is 0.849. The Morgan fingerprint density at radius 2 is 1.96 bits per heavy atom. The van der Waals surface area contributed by atoms with Crippen molar-refractivity contribution in [3.63, 3.8) is 0 Å². The average Bonchev–Trinajstić information content (AvgIpc) is 3.05. The molecule has 2 fully saturated rings. The second kappa shape index (κ2) is 7.24. The molecule has 0 radical (unpaired) electrons. The van der Waals surface area contributed by atoms with E-state index >= 15 is 0 Å². The molecule has 0 unspecified atom stereocenters. The second-order valence-electron chi connectivity index (χ2n) is 6.88. The summed E-state index contributed by atoms with van der Waals surface area (Å²) in [5, 5.41) is 0. The Morgan fingerprint density at radius 3 is 2.62 bits per heavy atom. The second-order valence-corrected chi connectivity index (χ2v) is 6.88. The summed E-state index contributed by atoms with van der Waals surface area (Å²) < 4.78 is 5.20. The Hall–Kier alpha value is -2.04. The summed E-state index contributed by atoms with van der Waals surface area (Å²) in [6.45, 7) is 1.51. The van der Waals surface area contributed by atoms with Gasteiger partial charge < -0.3 is 14.5 Å². The molecule has 1 aromatic carbocycles. The Bertz CT molecular complexity index is 599. The van der Waals surface area contributed by atoms with Crippen LogP contribution < -0.4 is 4.74 Å². The number of hydrogen-bond acceptors (Lipinski definition) is 3. The van der Waals surface area contributed by atoms with Crippen molar-refractivity contribution in [3.05, 3.63) is 29.8 Å². The fraction of sp³-hybridized carbons (Fsp3) is 0.579. The number of rotatable bonds is 4. The van der Waals surface area contributed by atoms with Gasteiger partial charge in [0.05, 0.1) is 7.11 Å². The van der Waals surface area contributed by atoms with Gasteiger partial charge in [-0.1, -0.05) is 12.1 Å². The van der Waals surface area contributed by atoms with Gasteiger partial charge in [-0.2, -0.15) is 0 Å². The van der Waals surface area contributed by atoms with Gasteiger partial charge in [-0.25, -0.2) is 0 Å². The minimum Gasteiger partial charge on any atom is -0.497 e. The first-order valence-electron chi connectivity index (χ1n) is 8.76. The number of benzene rings is 1. The third kappa shape index (κ3) is 3.55. The lowest BCUT2D eigenvalue weighted by molar-refractivity contribution is -0.144. The van der Waals surface area contributed by atoms with Crippen molar-refractivity contribution >= 4 is 11.8 Å². The van der Waals surface area contributed by atoms with Gasteiger partial charge in [0.15, 0.2) is 0 Å². The molecule has 0 aliphatic carbocycles. The average molecular weight is 330 g/mol. The molecule has 3 rings (SSSR count). The van der Waals surface area contributed by atoms with E-state index in [1.165, 1.54) is 5.56 Å². The number of piperidine rings is 1. The van der Waals surface area contributed by atoms with Crippen molar-refractivity contribution in [3.8, 4) is 5.75 Å². The Morgan fingerprint density at radius 1 is 1.21 bits per heavy atom. The molecule has 24 heavy (non-hydrogen) atoms. The lowest BCUT2D eigenvalue weighted by atomic mass is 9.94. The van der Waals surface area contributed by atoms with Crippen LogP contribution in [-0.4, -0.2) is 54.9 Å². The molecule has 5 heteroatoms. The number of methoxy groups -OCH3 is 1. The van der Waals surface area contributed by atoms with E-state index < -0.39 is 0 Å². The van der Waals surface area contributed by atoms with E-state index in [0.29, 0.717) is 13.0 Å². The molecule has 0 spiro atoms. The first-order valence-corrected chi connectivity index (χ1v) is 8.76. The Labute approximate surface area is 143 Å². The highest BCUT2D eigenvalue weighted by molar-refractivity contribution is 5.87. The summed E-state index contributed by atoms with van der Waals surface area (Å²) in [7, 11) is 3.47. The van der Waals surface area contributed by atoms with Crippen molar-refractivity contribution in [1.29, 1.82) is 0 Å². The van der Waals surface area contributed by atoms with Crippen LogP contribution in [0, 0.1) is 5.92 Å². The molecule has 130 valence electrons. The highest BCUT2D eigenvalue weighted by atomic mass is 16.5. The third-order valence-corrected chi connectivity index (χ3v) is 5.30. The molecule has 0 bridgehead atoms. The van der Waals surface area contributed by atoms with Crippen LogP contribution in [0.5, 0.6) is 5.75 Å². The van der Waals surface area contributed by atoms with Gasteiger partial charge in [0, 0.05) is 38.5 Å². The van der Waals surface area contributed by atoms with E-state index in [1.807, 2.05) is 24.1 Å². The minimum atomic E-state index is -0.134. The van der Waals surface area contributed by atoms with Crippen molar-refractivity contribution in [2.75, 3.05) is 27.2 Å². The lowest BCUT2D eigenvalue weighted by Gasteiger charge is -2.33. The van der Waals surface area contributed by atoms with Crippen LogP contribution in [0.2, 0.25) is 0 Å². The fourth-order valence-electron chi connectivity index (χ4n) is 3.76. The van der Waals surface area contributed by atoms with Gasteiger partial charge in [0.1, 0.15) is 5.75 Å². The maximum absolute atomic E-state index is 12.9. The normalized spacial score (nSPS) is 24.3. The molecule has 0 N–H and O–H groups in total. The fourth-order valence-corrected chi connectivity index (χ4v) is 3.76. The molecule has 0 saturated carbocycles. The van der Waals surface area contributed by atoms with Gasteiger partial charge in [0.25, 0.3) is 0 Å². The van der Waals surface area contributed by atoms with Crippen LogP contribution in [0.1, 0.15) is 31.2 Å². The van der Waals surface area contributed by atoms with E-state index in [2.05, 4.69) is 12.1 Å². The number of likely N-dealkylation sites (tertiary alicyclic amines) is 2. The molecule has 2 saturated heterocycles. The maximum atomic E-state index is 12.9. The van der Waals surface area contributed by atoms with Crippen LogP contribution in [0.4, 0.5) is 0 Å². The molecule has 2 atom stereocenters. The zero-order valence-electron chi connectivity index (χ0n) is 14.5. The maximum Gasteiger partial charge on any atom is 0.226 e. The van der Waals surface area contributed by atoms with E-state index in [9.17, 15) is 9.59 Å². The molecule has 2 amide bonds. The van der Waals surface area contributed by atoms with Crippen LogP contribution in [0.25, 0.3) is 0 Å². The van der Waals surface area contributed by atoms with Gasteiger partial charge in [-0.05, 0) is 43.4 Å². The van der Waals surface area contributed by atoms with Gasteiger partial charge in [0.2, 0.25) is 11.8 Å². The van der Waals surface area contributed by atoms with Gasteiger partial charge >= 0.3 is 0 Å². The first-order chi connectivity index (χ1) is 11.6. The zero-order valence-corrected chi connectivity index (χ0v) is 14.5. The summed E-state index contributed by atoms with van der Waals surface area (Å²) in [4.78, 5) is 28.5. The molecule has 1 aromatic rings. The predicted octanol–water partition coefficient (Wildman–Crippen LogP) is 2.10. The highest BCUT2D eigenvalue weighted by Gasteiger charge is 2.36.